The van der Waals surface area contributed by atoms with E-state index in [1.807, 2.05) is 0 Å². The van der Waals surface area contributed by atoms with E-state index in [9.17, 15) is 19.2 Å². The number of thiazole rings is 1. The number of fused-ring (bicyclic) bond motifs is 1. The monoisotopic (exact) mass is 532 g/mol. The summed E-state index contributed by atoms with van der Waals surface area (Å²) >= 11 is 7.33. The van der Waals surface area contributed by atoms with Gasteiger partial charge in [0.15, 0.2) is 0 Å². The first-order valence-corrected chi connectivity index (χ1v) is 12.4. The Labute approximate surface area is 215 Å². The van der Waals surface area contributed by atoms with Crippen LogP contribution < -0.4 is 22.1 Å². The maximum absolute atomic E-state index is 13.5. The van der Waals surface area contributed by atoms with Crippen LogP contribution in [0.5, 0.6) is 0 Å². The number of nitrogens with two attached hydrogens (primary N) is 2. The number of hydrogen-bond acceptors (Lipinski definition) is 8. The summed E-state index contributed by atoms with van der Waals surface area (Å²) < 4.78 is 1.62. The summed E-state index contributed by atoms with van der Waals surface area (Å²) in [5, 5.41) is 7.60. The summed E-state index contributed by atoms with van der Waals surface area (Å²) in [5.41, 5.74) is 12.4. The zero-order chi connectivity index (χ0) is 26.0. The Balaban J connectivity index is 1.53. The summed E-state index contributed by atoms with van der Waals surface area (Å²) in [7, 11) is 1.43. The average molecular weight is 533 g/mol. The molecule has 3 aromatic rings. The Morgan fingerprint density at radius 3 is 2.81 bits per heavy atom. The Bertz CT molecular complexity index is 1320. The first-order valence-electron chi connectivity index (χ1n) is 11.1. The van der Waals surface area contributed by atoms with E-state index in [4.69, 9.17) is 23.1 Å². The van der Waals surface area contributed by atoms with E-state index >= 15 is 0 Å². The van der Waals surface area contributed by atoms with Crippen LogP contribution in [0.25, 0.3) is 5.65 Å². The molecule has 12 nitrogen and oxygen atoms in total. The second-order valence-corrected chi connectivity index (χ2v) is 9.73. The molecule has 3 atom stereocenters. The highest BCUT2D eigenvalue weighted by molar-refractivity contribution is 7.09. The van der Waals surface area contributed by atoms with Gasteiger partial charge in [0, 0.05) is 37.6 Å². The molecular weight excluding hydrogens is 508 g/mol. The van der Waals surface area contributed by atoms with Gasteiger partial charge in [0.25, 0.3) is 11.8 Å². The fraction of sp³-hybridized carbons (Fsp3) is 0.364. The standard InChI is InChI=1S/C22H25ClN8O4S/c1-26-19(33)13(3-4-17(25)32)28-20(34)14-10-36-21(29-14)15-6-12(24)9-31(15)22(35)16-7-27-18-5-2-11(23)8-30(16)18/h2,5,7-8,10,12-13,15H,3-4,6,9,24H2,1H3,(H2,25,32)(H,26,33)(H,28,34)/t12-,13+,15+/m1/s1. The number of likely N-dealkylation sites (N-methyl/N-ethyl adjacent to an activating group) is 1. The largest absolute Gasteiger partial charge is 0.370 e. The fourth-order valence-electron chi connectivity index (χ4n) is 4.09. The average Bonchev–Trinajstić information content (AvgIpc) is 3.58. The minimum absolute atomic E-state index is 0.0564. The molecule has 4 rings (SSSR count). The predicted octanol–water partition coefficient (Wildman–Crippen LogP) is 0.469. The lowest BCUT2D eigenvalue weighted by Crippen LogP contribution is -2.46. The van der Waals surface area contributed by atoms with Crippen LogP contribution >= 0.6 is 22.9 Å². The fourth-order valence-corrected chi connectivity index (χ4v) is 5.18. The highest BCUT2D eigenvalue weighted by atomic mass is 35.5. The molecule has 0 aromatic carbocycles. The maximum Gasteiger partial charge on any atom is 0.273 e. The van der Waals surface area contributed by atoms with Gasteiger partial charge in [0.05, 0.1) is 17.3 Å². The number of nitrogens with zero attached hydrogens (tertiary/aromatic N) is 4. The number of aromatic nitrogens is 3. The van der Waals surface area contributed by atoms with E-state index in [0.29, 0.717) is 34.3 Å². The lowest BCUT2D eigenvalue weighted by atomic mass is 10.1. The van der Waals surface area contributed by atoms with Gasteiger partial charge in [-0.25, -0.2) is 9.97 Å². The molecule has 4 amide bonds. The van der Waals surface area contributed by atoms with E-state index in [0.717, 1.165) is 0 Å². The van der Waals surface area contributed by atoms with E-state index in [1.165, 1.54) is 24.6 Å². The molecule has 4 heterocycles. The molecule has 0 radical (unpaired) electrons. The second-order valence-electron chi connectivity index (χ2n) is 8.40. The summed E-state index contributed by atoms with van der Waals surface area (Å²) in [6.07, 6.45) is 3.57. The molecule has 1 fully saturated rings. The quantitative estimate of drug-likeness (QED) is 0.325. The molecule has 0 aliphatic carbocycles. The molecule has 3 aromatic heterocycles. The number of imidazole rings is 1. The SMILES string of the molecule is CNC(=O)[C@H](CCC(N)=O)NC(=O)c1csc([C@@H]2C[C@@H](N)CN2C(=O)c2cnc3ccc(Cl)cn23)n1. The number of nitrogens with one attached hydrogen (secondary N) is 2. The van der Waals surface area contributed by atoms with Crippen LogP contribution in [0.4, 0.5) is 0 Å². The number of primary amides is 1. The molecule has 6 N–H and O–H groups in total. The van der Waals surface area contributed by atoms with Crippen LogP contribution in [-0.2, 0) is 9.59 Å². The topological polar surface area (TPSA) is 178 Å². The van der Waals surface area contributed by atoms with E-state index < -0.39 is 29.8 Å². The maximum atomic E-state index is 13.5. The molecule has 0 spiro atoms. The predicted molar refractivity (Wildman–Crippen MR) is 132 cm³/mol. The summed E-state index contributed by atoms with van der Waals surface area (Å²) in [5.74, 6) is -1.89. The van der Waals surface area contributed by atoms with Crippen molar-refractivity contribution < 1.29 is 19.2 Å². The Morgan fingerprint density at radius 2 is 2.08 bits per heavy atom. The third-order valence-electron chi connectivity index (χ3n) is 5.87. The Morgan fingerprint density at radius 1 is 1.31 bits per heavy atom. The number of carbonyl (C=O) groups excluding carboxylic acids is 4. The van der Waals surface area contributed by atoms with Crippen molar-refractivity contribution in [2.24, 2.45) is 11.5 Å². The van der Waals surface area contributed by atoms with Crippen LogP contribution in [0.2, 0.25) is 5.02 Å². The number of carbonyl (C=O) groups is 4. The first-order chi connectivity index (χ1) is 17.2. The highest BCUT2D eigenvalue weighted by Crippen LogP contribution is 2.34. The van der Waals surface area contributed by atoms with Gasteiger partial charge in [-0.1, -0.05) is 11.6 Å². The van der Waals surface area contributed by atoms with Gasteiger partial charge in [0.2, 0.25) is 11.8 Å². The molecule has 0 bridgehead atoms. The zero-order valence-electron chi connectivity index (χ0n) is 19.3. The van der Waals surface area contributed by atoms with Gasteiger partial charge in [-0.3, -0.25) is 23.6 Å². The minimum Gasteiger partial charge on any atom is -0.370 e. The summed E-state index contributed by atoms with van der Waals surface area (Å²) in [6, 6.07) is 1.76. The van der Waals surface area contributed by atoms with Crippen molar-refractivity contribution in [1.82, 2.24) is 29.9 Å². The molecule has 0 unspecified atom stereocenters. The van der Waals surface area contributed by atoms with Crippen LogP contribution in [0.15, 0.2) is 29.9 Å². The molecular formula is C22H25ClN8O4S. The second kappa shape index (κ2) is 10.6. The van der Waals surface area contributed by atoms with E-state index in [-0.39, 0.29) is 30.5 Å². The lowest BCUT2D eigenvalue weighted by Gasteiger charge is -2.22. The smallest absolute Gasteiger partial charge is 0.273 e. The number of likely N-dealkylation sites (tertiary alicyclic amines) is 1. The van der Waals surface area contributed by atoms with Gasteiger partial charge in [0.1, 0.15) is 28.1 Å². The summed E-state index contributed by atoms with van der Waals surface area (Å²) in [6.45, 7) is 0.310. The molecule has 1 saturated heterocycles. The minimum atomic E-state index is -0.944. The van der Waals surface area contributed by atoms with Crippen molar-refractivity contribution in [3.63, 3.8) is 0 Å². The van der Waals surface area contributed by atoms with Gasteiger partial charge >= 0.3 is 0 Å². The molecule has 36 heavy (non-hydrogen) atoms. The van der Waals surface area contributed by atoms with Crippen LogP contribution in [0.3, 0.4) is 0 Å². The third kappa shape index (κ3) is 5.32. The van der Waals surface area contributed by atoms with Crippen molar-refractivity contribution in [2.45, 2.75) is 37.4 Å². The zero-order valence-corrected chi connectivity index (χ0v) is 20.9. The number of pyridine rings is 1. The van der Waals surface area contributed by atoms with Crippen molar-refractivity contribution in [3.05, 3.63) is 51.3 Å². The van der Waals surface area contributed by atoms with Gasteiger partial charge in [-0.2, -0.15) is 0 Å². The van der Waals surface area contributed by atoms with Crippen molar-refractivity contribution in [3.8, 4) is 0 Å². The van der Waals surface area contributed by atoms with Gasteiger partial charge < -0.3 is 27.0 Å². The normalized spacial score (nSPS) is 18.2. The van der Waals surface area contributed by atoms with Crippen LogP contribution in [0.1, 0.15) is 51.3 Å². The van der Waals surface area contributed by atoms with Gasteiger partial charge in [-0.05, 0) is 25.0 Å². The van der Waals surface area contributed by atoms with E-state index in [1.54, 1.807) is 33.0 Å². The molecule has 1 aliphatic rings. The number of hydrogen-bond donors (Lipinski definition) is 4. The van der Waals surface area contributed by atoms with E-state index in [2.05, 4.69) is 20.6 Å². The molecule has 190 valence electrons. The molecule has 1 aliphatic heterocycles. The molecule has 0 saturated carbocycles. The van der Waals surface area contributed by atoms with Crippen LogP contribution in [0, 0.1) is 0 Å². The third-order valence-corrected chi connectivity index (χ3v) is 7.04. The van der Waals surface area contributed by atoms with Crippen molar-refractivity contribution >= 4 is 52.2 Å². The van der Waals surface area contributed by atoms with Crippen LogP contribution in [-0.4, -0.2) is 68.6 Å². The van der Waals surface area contributed by atoms with Crippen molar-refractivity contribution in [1.29, 1.82) is 0 Å². The Hall–Kier alpha value is -3.55. The summed E-state index contributed by atoms with van der Waals surface area (Å²) in [4.78, 5) is 59.8. The highest BCUT2D eigenvalue weighted by Gasteiger charge is 2.38. The Kier molecular flexibility index (Phi) is 7.52. The molecule has 14 heteroatoms. The number of amides is 4. The first kappa shape index (κ1) is 25.5. The van der Waals surface area contributed by atoms with Crippen molar-refractivity contribution in [2.75, 3.05) is 13.6 Å². The van der Waals surface area contributed by atoms with Gasteiger partial charge in [-0.15, -0.1) is 11.3 Å². The number of rotatable bonds is 8. The number of halogens is 1. The lowest BCUT2D eigenvalue weighted by molar-refractivity contribution is -0.123.